The van der Waals surface area contributed by atoms with Crippen molar-refractivity contribution in [2.75, 3.05) is 0 Å². The van der Waals surface area contributed by atoms with Gasteiger partial charge in [0.1, 0.15) is 5.69 Å². The van der Waals surface area contributed by atoms with E-state index >= 15 is 0 Å². The third-order valence-corrected chi connectivity index (χ3v) is 4.06. The van der Waals surface area contributed by atoms with E-state index in [-0.39, 0.29) is 6.04 Å². The van der Waals surface area contributed by atoms with Gasteiger partial charge >= 0.3 is 5.97 Å². The topological polar surface area (TPSA) is 42.2 Å². The first-order chi connectivity index (χ1) is 9.08. The van der Waals surface area contributed by atoms with E-state index in [0.717, 1.165) is 28.6 Å². The van der Waals surface area contributed by atoms with Gasteiger partial charge in [-0.25, -0.2) is 4.79 Å². The van der Waals surface area contributed by atoms with Crippen LogP contribution < -0.4 is 0 Å². The Hall–Kier alpha value is -1.26. The molecule has 0 spiro atoms. The van der Waals surface area contributed by atoms with Crippen LogP contribution in [0.1, 0.15) is 29.4 Å². The van der Waals surface area contributed by atoms with E-state index in [1.807, 2.05) is 28.8 Å². The Morgan fingerprint density at radius 1 is 1.32 bits per heavy atom. The highest BCUT2D eigenvalue weighted by Gasteiger charge is 2.30. The predicted octanol–water partition coefficient (Wildman–Crippen LogP) is 4.60. The molecule has 1 N–H and O–H groups in total. The van der Waals surface area contributed by atoms with Gasteiger partial charge < -0.3 is 9.67 Å². The lowest BCUT2D eigenvalue weighted by Gasteiger charge is -2.12. The molecule has 1 aromatic carbocycles. The molecule has 1 aromatic heterocycles. The standard InChI is InChI=1S/C14H11BrClNO2/c15-8-1-4-10(11(16)7-8)12-5-6-13(14(18)19)17(12)9-2-3-9/h1,4-7,9H,2-3H2,(H,18,19). The molecule has 1 fully saturated rings. The van der Waals surface area contributed by atoms with Crippen LogP contribution in [0.5, 0.6) is 0 Å². The molecule has 0 radical (unpaired) electrons. The number of halogens is 2. The van der Waals surface area contributed by atoms with Crippen molar-refractivity contribution in [3.63, 3.8) is 0 Å². The number of nitrogens with zero attached hydrogens (tertiary/aromatic N) is 1. The molecule has 19 heavy (non-hydrogen) atoms. The Kier molecular flexibility index (Phi) is 3.15. The number of aromatic carboxylic acids is 1. The SMILES string of the molecule is O=C(O)c1ccc(-c2ccc(Br)cc2Cl)n1C1CC1. The van der Waals surface area contributed by atoms with E-state index in [2.05, 4.69) is 15.9 Å². The van der Waals surface area contributed by atoms with Crippen LogP contribution in [0.4, 0.5) is 0 Å². The molecule has 3 nitrogen and oxygen atoms in total. The third-order valence-electron chi connectivity index (χ3n) is 3.26. The Labute approximate surface area is 123 Å². The fraction of sp³-hybridized carbons (Fsp3) is 0.214. The van der Waals surface area contributed by atoms with Gasteiger partial charge in [0, 0.05) is 16.1 Å². The number of hydrogen-bond donors (Lipinski definition) is 1. The molecule has 0 bridgehead atoms. The minimum atomic E-state index is -0.897. The molecule has 2 aromatic rings. The third kappa shape index (κ3) is 2.30. The fourth-order valence-electron chi connectivity index (χ4n) is 2.27. The highest BCUT2D eigenvalue weighted by Crippen LogP contribution is 2.42. The zero-order chi connectivity index (χ0) is 13.6. The van der Waals surface area contributed by atoms with Gasteiger partial charge in [0.2, 0.25) is 0 Å². The Morgan fingerprint density at radius 2 is 2.05 bits per heavy atom. The maximum absolute atomic E-state index is 11.3. The molecule has 1 aliphatic carbocycles. The van der Waals surface area contributed by atoms with Gasteiger partial charge in [-0.3, -0.25) is 0 Å². The summed E-state index contributed by atoms with van der Waals surface area (Å²) in [5, 5.41) is 9.87. The van der Waals surface area contributed by atoms with Crippen LogP contribution in [-0.2, 0) is 0 Å². The highest BCUT2D eigenvalue weighted by atomic mass is 79.9. The molecule has 0 saturated heterocycles. The maximum Gasteiger partial charge on any atom is 0.352 e. The molecule has 1 heterocycles. The second-order valence-corrected chi connectivity index (χ2v) is 5.96. The molecule has 0 aliphatic heterocycles. The first kappa shape index (κ1) is 12.8. The molecule has 5 heteroatoms. The van der Waals surface area contributed by atoms with Gasteiger partial charge in [0.05, 0.1) is 10.7 Å². The number of aromatic nitrogens is 1. The van der Waals surface area contributed by atoms with Gasteiger partial charge in [-0.2, -0.15) is 0 Å². The van der Waals surface area contributed by atoms with E-state index in [1.165, 1.54) is 0 Å². The average Bonchev–Trinajstić information content (AvgIpc) is 3.08. The van der Waals surface area contributed by atoms with Crippen LogP contribution in [0.25, 0.3) is 11.3 Å². The minimum absolute atomic E-state index is 0.288. The van der Waals surface area contributed by atoms with Crippen molar-refractivity contribution in [3.8, 4) is 11.3 Å². The second kappa shape index (κ2) is 4.69. The normalized spacial score (nSPS) is 14.6. The average molecular weight is 341 g/mol. The van der Waals surface area contributed by atoms with Crippen molar-refractivity contribution in [3.05, 3.63) is 45.5 Å². The molecule has 1 aliphatic rings. The molecule has 0 atom stereocenters. The predicted molar refractivity (Wildman–Crippen MR) is 77.8 cm³/mol. The molecular formula is C14H11BrClNO2. The van der Waals surface area contributed by atoms with Crippen molar-refractivity contribution >= 4 is 33.5 Å². The smallest absolute Gasteiger partial charge is 0.352 e. The van der Waals surface area contributed by atoms with Crippen molar-refractivity contribution in [2.24, 2.45) is 0 Å². The summed E-state index contributed by atoms with van der Waals surface area (Å²) >= 11 is 9.63. The van der Waals surface area contributed by atoms with Crippen LogP contribution in [-0.4, -0.2) is 15.6 Å². The monoisotopic (exact) mass is 339 g/mol. The van der Waals surface area contributed by atoms with E-state index in [1.54, 1.807) is 6.07 Å². The zero-order valence-corrected chi connectivity index (χ0v) is 12.3. The number of carboxylic acids is 1. The van der Waals surface area contributed by atoms with E-state index in [0.29, 0.717) is 10.7 Å². The van der Waals surface area contributed by atoms with Crippen LogP contribution in [0.2, 0.25) is 5.02 Å². The Morgan fingerprint density at radius 3 is 2.63 bits per heavy atom. The number of carbonyl (C=O) groups is 1. The minimum Gasteiger partial charge on any atom is -0.477 e. The van der Waals surface area contributed by atoms with Gasteiger partial charge in [-0.15, -0.1) is 0 Å². The van der Waals surface area contributed by atoms with Crippen molar-refractivity contribution in [2.45, 2.75) is 18.9 Å². The second-order valence-electron chi connectivity index (χ2n) is 4.63. The van der Waals surface area contributed by atoms with Gasteiger partial charge in [-0.1, -0.05) is 33.6 Å². The van der Waals surface area contributed by atoms with Crippen molar-refractivity contribution < 1.29 is 9.90 Å². The summed E-state index contributed by atoms with van der Waals surface area (Å²) in [5.74, 6) is -0.897. The van der Waals surface area contributed by atoms with Gasteiger partial charge in [0.25, 0.3) is 0 Å². The largest absolute Gasteiger partial charge is 0.477 e. The molecule has 1 saturated carbocycles. The summed E-state index contributed by atoms with van der Waals surface area (Å²) in [4.78, 5) is 11.3. The molecule has 0 unspecified atom stereocenters. The van der Waals surface area contributed by atoms with Gasteiger partial charge in [0.15, 0.2) is 0 Å². The van der Waals surface area contributed by atoms with Crippen LogP contribution >= 0.6 is 27.5 Å². The molecule has 3 rings (SSSR count). The lowest BCUT2D eigenvalue weighted by Crippen LogP contribution is -2.08. The molecule has 0 amide bonds. The number of rotatable bonds is 3. The summed E-state index contributed by atoms with van der Waals surface area (Å²) in [6, 6.07) is 9.40. The maximum atomic E-state index is 11.3. The van der Waals surface area contributed by atoms with Crippen LogP contribution in [0, 0.1) is 0 Å². The summed E-state index contributed by atoms with van der Waals surface area (Å²) < 4.78 is 2.79. The first-order valence-corrected chi connectivity index (χ1v) is 7.15. The van der Waals surface area contributed by atoms with Crippen molar-refractivity contribution in [1.29, 1.82) is 0 Å². The molecular weight excluding hydrogens is 330 g/mol. The number of benzene rings is 1. The quantitative estimate of drug-likeness (QED) is 0.887. The van der Waals surface area contributed by atoms with Gasteiger partial charge in [-0.05, 0) is 37.1 Å². The van der Waals surface area contributed by atoms with Crippen LogP contribution in [0.3, 0.4) is 0 Å². The first-order valence-electron chi connectivity index (χ1n) is 5.98. The zero-order valence-electron chi connectivity index (χ0n) is 9.94. The molecule has 98 valence electrons. The summed E-state index contributed by atoms with van der Waals surface area (Å²) in [6.07, 6.45) is 2.05. The lowest BCUT2D eigenvalue weighted by molar-refractivity contribution is 0.0685. The number of hydrogen-bond acceptors (Lipinski definition) is 1. The lowest BCUT2D eigenvalue weighted by atomic mass is 10.1. The van der Waals surface area contributed by atoms with Crippen molar-refractivity contribution in [1.82, 2.24) is 4.57 Å². The fourth-order valence-corrected chi connectivity index (χ4v) is 3.04. The van der Waals surface area contributed by atoms with E-state index in [4.69, 9.17) is 11.6 Å². The summed E-state index contributed by atoms with van der Waals surface area (Å²) in [7, 11) is 0. The summed E-state index contributed by atoms with van der Waals surface area (Å²) in [6.45, 7) is 0. The highest BCUT2D eigenvalue weighted by molar-refractivity contribution is 9.10. The Bertz CT molecular complexity index is 661. The summed E-state index contributed by atoms with van der Waals surface area (Å²) in [5.41, 5.74) is 2.07. The Balaban J connectivity index is 2.17. The number of carboxylic acid groups (broad SMARTS) is 1. The van der Waals surface area contributed by atoms with E-state index < -0.39 is 5.97 Å². The van der Waals surface area contributed by atoms with Crippen LogP contribution in [0.15, 0.2) is 34.8 Å². The van der Waals surface area contributed by atoms with E-state index in [9.17, 15) is 9.90 Å².